The summed E-state index contributed by atoms with van der Waals surface area (Å²) in [6.07, 6.45) is -0.451. The number of imide groups is 1. The zero-order valence-corrected chi connectivity index (χ0v) is 15.4. The van der Waals surface area contributed by atoms with E-state index in [9.17, 15) is 9.59 Å². The third-order valence-corrected chi connectivity index (χ3v) is 4.22. The number of nitrogens with zero attached hydrogens (tertiary/aromatic N) is 1. The lowest BCUT2D eigenvalue weighted by Crippen LogP contribution is -2.49. The number of para-hydroxylation sites is 3. The fourth-order valence-electron chi connectivity index (χ4n) is 2.84. The van der Waals surface area contributed by atoms with Crippen molar-refractivity contribution in [2.24, 2.45) is 0 Å². The quantitative estimate of drug-likeness (QED) is 0.659. The molecule has 0 fully saturated rings. The molecule has 0 spiro atoms. The van der Waals surface area contributed by atoms with E-state index in [2.05, 4.69) is 5.32 Å². The van der Waals surface area contributed by atoms with Gasteiger partial charge in [0.25, 0.3) is 0 Å². The Morgan fingerprint density at radius 3 is 2.48 bits per heavy atom. The molecule has 0 saturated heterocycles. The molecule has 0 radical (unpaired) electrons. The van der Waals surface area contributed by atoms with Gasteiger partial charge in [-0.3, -0.25) is 4.79 Å². The number of urea groups is 1. The fraction of sp³-hybridized carbons (Fsp3) is 0.0909. The van der Waals surface area contributed by atoms with E-state index >= 15 is 0 Å². The van der Waals surface area contributed by atoms with Crippen LogP contribution in [0, 0.1) is 0 Å². The highest BCUT2D eigenvalue weighted by Gasteiger charge is 2.30. The van der Waals surface area contributed by atoms with Gasteiger partial charge in [-0.15, -0.1) is 0 Å². The summed E-state index contributed by atoms with van der Waals surface area (Å²) >= 11 is 0. The Morgan fingerprint density at radius 1 is 0.966 bits per heavy atom. The highest BCUT2D eigenvalue weighted by molar-refractivity contribution is 5.95. The van der Waals surface area contributed by atoms with Crippen LogP contribution in [0.4, 0.5) is 10.5 Å². The standard InChI is InChI=1S/C22H18N2O5/c25-15-24(21-14-27-19-11-4-5-12-20(19)29-21)22(26)23-16-7-6-10-18(13-16)28-17-8-2-1-3-9-17/h1-13,15,21H,14H2,(H,23,26). The zero-order chi connectivity index (χ0) is 20.1. The second-order valence-corrected chi connectivity index (χ2v) is 6.22. The van der Waals surface area contributed by atoms with Crippen molar-refractivity contribution in [2.75, 3.05) is 11.9 Å². The second kappa shape index (κ2) is 8.35. The van der Waals surface area contributed by atoms with Gasteiger partial charge in [0.15, 0.2) is 11.5 Å². The molecule has 1 N–H and O–H groups in total. The molecule has 0 saturated carbocycles. The highest BCUT2D eigenvalue weighted by atomic mass is 16.6. The summed E-state index contributed by atoms with van der Waals surface area (Å²) in [5.41, 5.74) is 0.479. The van der Waals surface area contributed by atoms with Crippen molar-refractivity contribution in [3.8, 4) is 23.0 Å². The monoisotopic (exact) mass is 390 g/mol. The average Bonchev–Trinajstić information content (AvgIpc) is 2.75. The molecular weight excluding hydrogens is 372 g/mol. The van der Waals surface area contributed by atoms with E-state index in [0.29, 0.717) is 35.1 Å². The van der Waals surface area contributed by atoms with E-state index in [-0.39, 0.29) is 6.61 Å². The number of anilines is 1. The van der Waals surface area contributed by atoms with Crippen molar-refractivity contribution in [3.05, 3.63) is 78.9 Å². The summed E-state index contributed by atoms with van der Waals surface area (Å²) in [7, 11) is 0. The summed E-state index contributed by atoms with van der Waals surface area (Å²) in [5.74, 6) is 2.28. The maximum absolute atomic E-state index is 12.6. The smallest absolute Gasteiger partial charge is 0.331 e. The first-order valence-electron chi connectivity index (χ1n) is 8.99. The van der Waals surface area contributed by atoms with Gasteiger partial charge in [-0.1, -0.05) is 36.4 Å². The Kier molecular flexibility index (Phi) is 5.29. The van der Waals surface area contributed by atoms with Gasteiger partial charge in [-0.25, -0.2) is 9.69 Å². The molecule has 3 amide bonds. The SMILES string of the molecule is O=CN(C(=O)Nc1cccc(Oc2ccccc2)c1)C1COc2ccccc2O1. The molecule has 3 aromatic rings. The molecule has 1 heterocycles. The van der Waals surface area contributed by atoms with Crippen LogP contribution in [0.3, 0.4) is 0 Å². The molecule has 146 valence electrons. The number of carbonyl (C=O) groups excluding carboxylic acids is 2. The van der Waals surface area contributed by atoms with Gasteiger partial charge in [-0.2, -0.15) is 0 Å². The van der Waals surface area contributed by atoms with Crippen LogP contribution >= 0.6 is 0 Å². The normalized spacial score (nSPS) is 14.6. The third kappa shape index (κ3) is 4.30. The first-order valence-corrected chi connectivity index (χ1v) is 8.99. The molecule has 7 heteroatoms. The van der Waals surface area contributed by atoms with Crippen molar-refractivity contribution < 1.29 is 23.8 Å². The largest absolute Gasteiger partial charge is 0.484 e. The Morgan fingerprint density at radius 2 is 1.69 bits per heavy atom. The first kappa shape index (κ1) is 18.4. The Balaban J connectivity index is 1.44. The fourth-order valence-corrected chi connectivity index (χ4v) is 2.84. The molecule has 29 heavy (non-hydrogen) atoms. The lowest BCUT2D eigenvalue weighted by molar-refractivity contribution is -0.123. The van der Waals surface area contributed by atoms with Crippen LogP contribution < -0.4 is 19.5 Å². The lowest BCUT2D eigenvalue weighted by atomic mass is 10.3. The molecule has 0 bridgehead atoms. The zero-order valence-electron chi connectivity index (χ0n) is 15.4. The molecule has 7 nitrogen and oxygen atoms in total. The Bertz CT molecular complexity index is 1010. The van der Waals surface area contributed by atoms with Gasteiger partial charge < -0.3 is 19.5 Å². The van der Waals surface area contributed by atoms with Gasteiger partial charge in [0.05, 0.1) is 0 Å². The Labute approximate surface area is 167 Å². The van der Waals surface area contributed by atoms with Crippen LogP contribution in [0.5, 0.6) is 23.0 Å². The molecule has 4 rings (SSSR count). The number of carbonyl (C=O) groups is 2. The number of fused-ring (bicyclic) bond motifs is 1. The van der Waals surface area contributed by atoms with Crippen molar-refractivity contribution in [1.29, 1.82) is 0 Å². The minimum absolute atomic E-state index is 0.0420. The molecule has 1 aliphatic rings. The molecule has 1 aliphatic heterocycles. The summed E-state index contributed by atoms with van der Waals surface area (Å²) in [5, 5.41) is 2.68. The van der Waals surface area contributed by atoms with Gasteiger partial charge in [0.1, 0.15) is 18.1 Å². The van der Waals surface area contributed by atoms with E-state index in [0.717, 1.165) is 4.90 Å². The maximum Gasteiger partial charge on any atom is 0.331 e. The number of ether oxygens (including phenoxy) is 3. The lowest BCUT2D eigenvalue weighted by Gasteiger charge is -2.31. The third-order valence-electron chi connectivity index (χ3n) is 4.22. The van der Waals surface area contributed by atoms with Crippen LogP contribution in [0.1, 0.15) is 0 Å². The summed E-state index contributed by atoms with van der Waals surface area (Å²) < 4.78 is 17.1. The van der Waals surface area contributed by atoms with Gasteiger partial charge in [0.2, 0.25) is 12.6 Å². The van der Waals surface area contributed by atoms with Crippen LogP contribution in [0.25, 0.3) is 0 Å². The highest BCUT2D eigenvalue weighted by Crippen LogP contribution is 2.31. The molecule has 1 atom stereocenters. The van der Waals surface area contributed by atoms with Crippen molar-refractivity contribution in [1.82, 2.24) is 4.90 Å². The summed E-state index contributed by atoms with van der Waals surface area (Å²) in [6.45, 7) is 0.0420. The van der Waals surface area contributed by atoms with E-state index in [1.165, 1.54) is 0 Å². The number of hydrogen-bond acceptors (Lipinski definition) is 5. The van der Waals surface area contributed by atoms with Gasteiger partial charge in [-0.05, 0) is 36.4 Å². The average molecular weight is 390 g/mol. The first-order chi connectivity index (χ1) is 14.2. The van der Waals surface area contributed by atoms with E-state index in [1.54, 1.807) is 42.5 Å². The second-order valence-electron chi connectivity index (χ2n) is 6.22. The molecule has 0 aliphatic carbocycles. The summed E-state index contributed by atoms with van der Waals surface area (Å²) in [6, 6.07) is 22.6. The van der Waals surface area contributed by atoms with Gasteiger partial charge >= 0.3 is 6.03 Å². The molecular formula is C22H18N2O5. The van der Waals surface area contributed by atoms with Crippen molar-refractivity contribution in [2.45, 2.75) is 6.23 Å². The minimum atomic E-state index is -0.869. The topological polar surface area (TPSA) is 77.1 Å². The minimum Gasteiger partial charge on any atom is -0.484 e. The number of rotatable bonds is 5. The van der Waals surface area contributed by atoms with Crippen LogP contribution in [0.2, 0.25) is 0 Å². The number of benzene rings is 3. The predicted molar refractivity (Wildman–Crippen MR) is 106 cm³/mol. The molecule has 0 aromatic heterocycles. The van der Waals surface area contributed by atoms with Crippen LogP contribution in [-0.4, -0.2) is 30.2 Å². The van der Waals surface area contributed by atoms with Gasteiger partial charge in [0, 0.05) is 11.8 Å². The van der Waals surface area contributed by atoms with Crippen molar-refractivity contribution >= 4 is 18.1 Å². The molecule has 1 unspecified atom stereocenters. The number of hydrogen-bond donors (Lipinski definition) is 1. The number of amides is 3. The Hall–Kier alpha value is -4.00. The summed E-state index contributed by atoms with van der Waals surface area (Å²) in [4.78, 5) is 25.1. The van der Waals surface area contributed by atoms with Crippen LogP contribution in [0.15, 0.2) is 78.9 Å². The molecule has 3 aromatic carbocycles. The van der Waals surface area contributed by atoms with Crippen LogP contribution in [-0.2, 0) is 4.79 Å². The maximum atomic E-state index is 12.6. The number of nitrogens with one attached hydrogen (secondary N) is 1. The van der Waals surface area contributed by atoms with E-state index < -0.39 is 12.3 Å². The predicted octanol–water partition coefficient (Wildman–Crippen LogP) is 4.27. The van der Waals surface area contributed by atoms with E-state index in [4.69, 9.17) is 14.2 Å². The van der Waals surface area contributed by atoms with E-state index in [1.807, 2.05) is 36.4 Å². The van der Waals surface area contributed by atoms with Crippen molar-refractivity contribution in [3.63, 3.8) is 0 Å².